The number of fused-ring (bicyclic) bond motifs is 1. The summed E-state index contributed by atoms with van der Waals surface area (Å²) in [5, 5.41) is 3.53. The molecule has 2 aromatic heterocycles. The Bertz CT molecular complexity index is 1040. The van der Waals surface area contributed by atoms with E-state index in [1.807, 2.05) is 7.05 Å². The average molecular weight is 455 g/mol. The standard InChI is InChI=1S/C20H27FN4O3S2/c1-25(14-7-3-12(4-8-14)9-10-30(2,27)28)20-23-16-15(21)11-22-18(17(16)29-20)24-19(26)13-5-6-13/h11-14H,3-10H2,1-2H3,(H,22,24,26). The van der Waals surface area contributed by atoms with Gasteiger partial charge in [-0.15, -0.1) is 0 Å². The minimum atomic E-state index is -2.92. The molecule has 30 heavy (non-hydrogen) atoms. The summed E-state index contributed by atoms with van der Waals surface area (Å²) in [7, 11) is -0.954. The molecule has 0 unspecified atom stereocenters. The van der Waals surface area contributed by atoms with Crippen LogP contribution in [0, 0.1) is 17.7 Å². The Morgan fingerprint density at radius 3 is 2.60 bits per heavy atom. The lowest BCUT2D eigenvalue weighted by atomic mass is 9.84. The van der Waals surface area contributed by atoms with Crippen molar-refractivity contribution in [2.24, 2.45) is 11.8 Å². The van der Waals surface area contributed by atoms with Crippen molar-refractivity contribution in [1.82, 2.24) is 9.97 Å². The highest BCUT2D eigenvalue weighted by molar-refractivity contribution is 7.90. The SMILES string of the molecule is CN(c1nc2c(F)cnc(NC(=O)C3CC3)c2s1)C1CCC(CCS(C)(=O)=O)CC1. The molecule has 2 aromatic rings. The number of hydrogen-bond acceptors (Lipinski definition) is 7. The van der Waals surface area contributed by atoms with Crippen molar-refractivity contribution in [1.29, 1.82) is 0 Å². The minimum Gasteiger partial charge on any atom is -0.348 e. The number of anilines is 2. The maximum absolute atomic E-state index is 14.3. The fourth-order valence-electron chi connectivity index (χ4n) is 4.03. The Hall–Kier alpha value is -1.81. The highest BCUT2D eigenvalue weighted by atomic mass is 32.2. The number of carbonyl (C=O) groups is 1. The van der Waals surface area contributed by atoms with Gasteiger partial charge >= 0.3 is 0 Å². The molecule has 10 heteroatoms. The molecule has 2 fully saturated rings. The van der Waals surface area contributed by atoms with E-state index in [4.69, 9.17) is 0 Å². The molecule has 2 aliphatic carbocycles. The van der Waals surface area contributed by atoms with Crippen LogP contribution in [0.2, 0.25) is 0 Å². The zero-order chi connectivity index (χ0) is 21.5. The highest BCUT2D eigenvalue weighted by Gasteiger charge is 2.31. The van der Waals surface area contributed by atoms with Gasteiger partial charge in [-0.05, 0) is 50.9 Å². The molecule has 2 aliphatic rings. The van der Waals surface area contributed by atoms with E-state index in [0.717, 1.165) is 51.1 Å². The van der Waals surface area contributed by atoms with Crippen molar-refractivity contribution in [3.8, 4) is 0 Å². The van der Waals surface area contributed by atoms with Gasteiger partial charge in [0.05, 0.1) is 11.9 Å². The summed E-state index contributed by atoms with van der Waals surface area (Å²) in [6, 6.07) is 0.278. The molecule has 2 saturated carbocycles. The summed E-state index contributed by atoms with van der Waals surface area (Å²) in [5.74, 6) is 0.550. The number of rotatable bonds is 7. The Balaban J connectivity index is 1.45. The summed E-state index contributed by atoms with van der Waals surface area (Å²) in [6.45, 7) is 0. The van der Waals surface area contributed by atoms with Crippen molar-refractivity contribution in [3.63, 3.8) is 0 Å². The summed E-state index contributed by atoms with van der Waals surface area (Å²) >= 11 is 1.35. The number of hydrogen-bond donors (Lipinski definition) is 1. The second-order valence-electron chi connectivity index (χ2n) is 8.60. The fourth-order valence-corrected chi connectivity index (χ4v) is 5.85. The van der Waals surface area contributed by atoms with Crippen LogP contribution in [0.4, 0.5) is 15.3 Å². The van der Waals surface area contributed by atoms with Crippen molar-refractivity contribution in [2.45, 2.75) is 51.0 Å². The summed E-state index contributed by atoms with van der Waals surface area (Å²) in [5.41, 5.74) is 0.241. The number of thiazole rings is 1. The first-order valence-electron chi connectivity index (χ1n) is 10.4. The minimum absolute atomic E-state index is 0.0415. The molecule has 0 radical (unpaired) electrons. The molecule has 0 saturated heterocycles. The van der Waals surface area contributed by atoms with Gasteiger partial charge in [-0.3, -0.25) is 4.79 Å². The van der Waals surface area contributed by atoms with E-state index in [1.165, 1.54) is 17.6 Å². The van der Waals surface area contributed by atoms with Crippen molar-refractivity contribution in [3.05, 3.63) is 12.0 Å². The number of nitrogens with zero attached hydrogens (tertiary/aromatic N) is 3. The van der Waals surface area contributed by atoms with Gasteiger partial charge in [0.25, 0.3) is 0 Å². The monoisotopic (exact) mass is 454 g/mol. The van der Waals surface area contributed by atoms with E-state index in [1.54, 1.807) is 0 Å². The van der Waals surface area contributed by atoms with Crippen LogP contribution < -0.4 is 10.2 Å². The van der Waals surface area contributed by atoms with Gasteiger partial charge in [0.15, 0.2) is 16.8 Å². The van der Waals surface area contributed by atoms with Crippen LogP contribution in [0.5, 0.6) is 0 Å². The van der Waals surface area contributed by atoms with Crippen LogP contribution in [-0.2, 0) is 14.6 Å². The quantitative estimate of drug-likeness (QED) is 0.687. The predicted octanol–water partition coefficient (Wildman–Crippen LogP) is 3.61. The van der Waals surface area contributed by atoms with E-state index in [0.29, 0.717) is 21.6 Å². The first-order chi connectivity index (χ1) is 14.2. The average Bonchev–Trinajstić information content (AvgIpc) is 3.46. The second kappa shape index (κ2) is 8.37. The first-order valence-corrected chi connectivity index (χ1v) is 13.3. The third-order valence-electron chi connectivity index (χ3n) is 6.12. The Morgan fingerprint density at radius 2 is 1.97 bits per heavy atom. The Kier molecular flexibility index (Phi) is 5.98. The van der Waals surface area contributed by atoms with Crippen LogP contribution in [0.25, 0.3) is 10.2 Å². The van der Waals surface area contributed by atoms with Gasteiger partial charge in [-0.2, -0.15) is 0 Å². The van der Waals surface area contributed by atoms with Crippen LogP contribution in [-0.4, -0.2) is 49.4 Å². The molecule has 0 aromatic carbocycles. The molecule has 2 heterocycles. The lowest BCUT2D eigenvalue weighted by Gasteiger charge is -2.34. The zero-order valence-corrected chi connectivity index (χ0v) is 18.9. The smallest absolute Gasteiger partial charge is 0.228 e. The summed E-state index contributed by atoms with van der Waals surface area (Å²) in [4.78, 5) is 22.8. The van der Waals surface area contributed by atoms with E-state index in [-0.39, 0.29) is 29.1 Å². The lowest BCUT2D eigenvalue weighted by molar-refractivity contribution is -0.117. The number of sulfone groups is 1. The summed E-state index contributed by atoms with van der Waals surface area (Å²) in [6.07, 6.45) is 8.76. The maximum atomic E-state index is 14.3. The predicted molar refractivity (Wildman–Crippen MR) is 117 cm³/mol. The van der Waals surface area contributed by atoms with E-state index in [2.05, 4.69) is 20.2 Å². The van der Waals surface area contributed by atoms with E-state index < -0.39 is 15.7 Å². The third-order valence-corrected chi connectivity index (χ3v) is 8.25. The molecule has 7 nitrogen and oxygen atoms in total. The number of nitrogens with one attached hydrogen (secondary N) is 1. The zero-order valence-electron chi connectivity index (χ0n) is 17.2. The molecule has 0 atom stereocenters. The van der Waals surface area contributed by atoms with Crippen LogP contribution in [0.1, 0.15) is 44.9 Å². The van der Waals surface area contributed by atoms with Crippen LogP contribution in [0.15, 0.2) is 6.20 Å². The van der Waals surface area contributed by atoms with Gasteiger partial charge < -0.3 is 10.2 Å². The molecule has 0 spiro atoms. The van der Waals surface area contributed by atoms with Crippen molar-refractivity contribution >= 4 is 48.2 Å². The van der Waals surface area contributed by atoms with Crippen LogP contribution >= 0.6 is 11.3 Å². The Labute approximate surface area is 180 Å². The van der Waals surface area contributed by atoms with Gasteiger partial charge in [-0.25, -0.2) is 22.8 Å². The molecule has 1 amide bonds. The third kappa shape index (κ3) is 4.91. The normalized spacial score (nSPS) is 22.2. The van der Waals surface area contributed by atoms with Crippen molar-refractivity contribution < 1.29 is 17.6 Å². The largest absolute Gasteiger partial charge is 0.348 e. The van der Waals surface area contributed by atoms with Crippen LogP contribution in [0.3, 0.4) is 0 Å². The number of halogens is 1. The number of aromatic nitrogens is 2. The van der Waals surface area contributed by atoms with Gasteiger partial charge in [-0.1, -0.05) is 11.3 Å². The van der Waals surface area contributed by atoms with Crippen molar-refractivity contribution in [2.75, 3.05) is 29.3 Å². The van der Waals surface area contributed by atoms with E-state index in [9.17, 15) is 17.6 Å². The Morgan fingerprint density at radius 1 is 1.27 bits per heavy atom. The molecule has 0 aliphatic heterocycles. The number of amides is 1. The summed E-state index contributed by atoms with van der Waals surface area (Å²) < 4.78 is 37.7. The number of pyridine rings is 1. The molecular formula is C20H27FN4O3S2. The fraction of sp³-hybridized carbons (Fsp3) is 0.650. The van der Waals surface area contributed by atoms with Gasteiger partial charge in [0.2, 0.25) is 5.91 Å². The molecule has 1 N–H and O–H groups in total. The topological polar surface area (TPSA) is 92.3 Å². The highest BCUT2D eigenvalue weighted by Crippen LogP contribution is 2.38. The number of carbonyl (C=O) groups excluding carboxylic acids is 1. The molecule has 0 bridgehead atoms. The molecule has 164 valence electrons. The lowest BCUT2D eigenvalue weighted by Crippen LogP contribution is -2.35. The molecular weight excluding hydrogens is 427 g/mol. The van der Waals surface area contributed by atoms with Gasteiger partial charge in [0.1, 0.15) is 20.1 Å². The first kappa shape index (κ1) is 21.4. The maximum Gasteiger partial charge on any atom is 0.228 e. The molecule has 4 rings (SSSR count). The second-order valence-corrected chi connectivity index (χ2v) is 11.8. The van der Waals surface area contributed by atoms with E-state index >= 15 is 0 Å². The van der Waals surface area contributed by atoms with Gasteiger partial charge in [0, 0.05) is 25.3 Å².